The SMILES string of the molecule is CN(C(Oc1ccccc1)Oc1ccccc1)C1(C)OC(=O)C=CC(=O)O1. The number of hydrogen-bond donors (Lipinski definition) is 0. The van der Waals surface area contributed by atoms with Crippen molar-refractivity contribution < 1.29 is 28.5 Å². The molecule has 0 aromatic heterocycles. The summed E-state index contributed by atoms with van der Waals surface area (Å²) in [7, 11) is 1.56. The van der Waals surface area contributed by atoms with Crippen LogP contribution in [0.4, 0.5) is 0 Å². The lowest BCUT2D eigenvalue weighted by atomic mass is 10.3. The van der Waals surface area contributed by atoms with Crippen LogP contribution >= 0.6 is 0 Å². The fourth-order valence-corrected chi connectivity index (χ4v) is 2.35. The van der Waals surface area contributed by atoms with Crippen molar-refractivity contribution in [1.82, 2.24) is 4.90 Å². The van der Waals surface area contributed by atoms with Crippen LogP contribution in [0.3, 0.4) is 0 Å². The van der Waals surface area contributed by atoms with E-state index in [4.69, 9.17) is 18.9 Å². The molecule has 0 saturated carbocycles. The Bertz CT molecular complexity index is 759. The number of para-hydroxylation sites is 2. The van der Waals surface area contributed by atoms with Gasteiger partial charge in [0.15, 0.2) is 0 Å². The number of rotatable bonds is 6. The van der Waals surface area contributed by atoms with Gasteiger partial charge in [-0.3, -0.25) is 0 Å². The van der Waals surface area contributed by atoms with Gasteiger partial charge in [-0.25, -0.2) is 9.59 Å². The Morgan fingerprint density at radius 2 is 1.22 bits per heavy atom. The Labute approximate surface area is 156 Å². The van der Waals surface area contributed by atoms with Crippen LogP contribution in [0.2, 0.25) is 0 Å². The van der Waals surface area contributed by atoms with Gasteiger partial charge in [0.05, 0.1) is 0 Å². The van der Waals surface area contributed by atoms with Gasteiger partial charge in [-0.2, -0.15) is 4.90 Å². The van der Waals surface area contributed by atoms with Crippen molar-refractivity contribution in [2.45, 2.75) is 19.2 Å². The molecule has 3 rings (SSSR count). The molecule has 1 heterocycles. The van der Waals surface area contributed by atoms with Crippen molar-refractivity contribution >= 4 is 11.9 Å². The van der Waals surface area contributed by atoms with Crippen LogP contribution in [0.25, 0.3) is 0 Å². The van der Waals surface area contributed by atoms with Crippen molar-refractivity contribution in [3.8, 4) is 11.5 Å². The van der Waals surface area contributed by atoms with Crippen molar-refractivity contribution in [2.75, 3.05) is 7.05 Å². The summed E-state index contributed by atoms with van der Waals surface area (Å²) in [5.74, 6) is -2.11. The number of carbonyl (C=O) groups is 2. The summed E-state index contributed by atoms with van der Waals surface area (Å²) < 4.78 is 22.4. The summed E-state index contributed by atoms with van der Waals surface area (Å²) in [5, 5.41) is 0. The third-order valence-electron chi connectivity index (χ3n) is 3.85. The molecule has 140 valence electrons. The monoisotopic (exact) mass is 369 g/mol. The smallest absolute Gasteiger partial charge is 0.335 e. The lowest BCUT2D eigenvalue weighted by Gasteiger charge is -2.39. The number of benzene rings is 2. The maximum Gasteiger partial charge on any atom is 0.335 e. The maximum absolute atomic E-state index is 11.8. The van der Waals surface area contributed by atoms with E-state index in [-0.39, 0.29) is 0 Å². The topological polar surface area (TPSA) is 74.3 Å². The average molecular weight is 369 g/mol. The summed E-state index contributed by atoms with van der Waals surface area (Å²) in [6, 6.07) is 18.0. The third kappa shape index (κ3) is 4.65. The molecule has 7 nitrogen and oxygen atoms in total. The lowest BCUT2D eigenvalue weighted by molar-refractivity contribution is -0.311. The standard InChI is InChI=1S/C20H19NO6/c1-20(26-17(22)13-14-18(23)27-20)21(2)19(24-15-9-5-3-6-10-15)25-16-11-7-4-8-12-16/h3-14,19H,1-2H3. The van der Waals surface area contributed by atoms with E-state index in [0.29, 0.717) is 11.5 Å². The molecular formula is C20H19NO6. The largest absolute Gasteiger partial charge is 0.441 e. The maximum atomic E-state index is 11.8. The molecule has 0 saturated heterocycles. The van der Waals surface area contributed by atoms with E-state index in [1.54, 1.807) is 31.3 Å². The highest BCUT2D eigenvalue weighted by Crippen LogP contribution is 2.26. The number of esters is 2. The lowest BCUT2D eigenvalue weighted by Crippen LogP contribution is -2.57. The van der Waals surface area contributed by atoms with E-state index < -0.39 is 24.3 Å². The van der Waals surface area contributed by atoms with Gasteiger partial charge in [-0.15, -0.1) is 0 Å². The van der Waals surface area contributed by atoms with Crippen molar-refractivity contribution in [3.05, 3.63) is 72.8 Å². The molecule has 2 aromatic rings. The van der Waals surface area contributed by atoms with Crippen LogP contribution in [0.1, 0.15) is 6.92 Å². The van der Waals surface area contributed by atoms with Crippen LogP contribution in [0.15, 0.2) is 72.8 Å². The predicted molar refractivity (Wildman–Crippen MR) is 95.4 cm³/mol. The normalized spacial score (nSPS) is 15.9. The van der Waals surface area contributed by atoms with Gasteiger partial charge < -0.3 is 18.9 Å². The molecule has 2 aromatic carbocycles. The molecule has 1 aliphatic rings. The van der Waals surface area contributed by atoms with E-state index in [9.17, 15) is 9.59 Å². The van der Waals surface area contributed by atoms with E-state index in [0.717, 1.165) is 12.2 Å². The first kappa shape index (κ1) is 18.5. The van der Waals surface area contributed by atoms with Gasteiger partial charge in [-0.05, 0) is 24.3 Å². The Morgan fingerprint density at radius 1 is 0.815 bits per heavy atom. The Hall–Kier alpha value is -3.32. The van der Waals surface area contributed by atoms with E-state index in [2.05, 4.69) is 0 Å². The fourth-order valence-electron chi connectivity index (χ4n) is 2.35. The van der Waals surface area contributed by atoms with Crippen LogP contribution < -0.4 is 9.47 Å². The molecule has 0 spiro atoms. The Balaban J connectivity index is 1.88. The third-order valence-corrected chi connectivity index (χ3v) is 3.85. The molecule has 0 atom stereocenters. The van der Waals surface area contributed by atoms with Crippen molar-refractivity contribution in [1.29, 1.82) is 0 Å². The van der Waals surface area contributed by atoms with E-state index in [1.165, 1.54) is 11.8 Å². The highest BCUT2D eigenvalue weighted by molar-refractivity contribution is 5.93. The molecule has 0 fully saturated rings. The molecule has 1 aliphatic heterocycles. The molecule has 0 aliphatic carbocycles. The zero-order chi connectivity index (χ0) is 19.3. The van der Waals surface area contributed by atoms with E-state index in [1.807, 2.05) is 36.4 Å². The summed E-state index contributed by atoms with van der Waals surface area (Å²) in [6.07, 6.45) is 0.956. The molecule has 0 N–H and O–H groups in total. The van der Waals surface area contributed by atoms with Crippen LogP contribution in [0, 0.1) is 0 Å². The summed E-state index contributed by atoms with van der Waals surface area (Å²) in [5.41, 5.74) is 0. The minimum Gasteiger partial charge on any atom is -0.441 e. The first-order chi connectivity index (χ1) is 13.0. The number of hydrogen-bond acceptors (Lipinski definition) is 7. The Morgan fingerprint density at radius 3 is 1.63 bits per heavy atom. The highest BCUT2D eigenvalue weighted by atomic mass is 16.8. The second-order valence-electron chi connectivity index (χ2n) is 5.85. The zero-order valence-electron chi connectivity index (χ0n) is 14.9. The van der Waals surface area contributed by atoms with Crippen LogP contribution in [-0.4, -0.2) is 36.2 Å². The van der Waals surface area contributed by atoms with Gasteiger partial charge >= 0.3 is 24.3 Å². The summed E-state index contributed by atoms with van der Waals surface area (Å²) >= 11 is 0. The number of cyclic esters (lactones) is 2. The van der Waals surface area contributed by atoms with Crippen molar-refractivity contribution in [2.24, 2.45) is 0 Å². The number of nitrogens with zero attached hydrogens (tertiary/aromatic N) is 1. The van der Waals surface area contributed by atoms with Crippen LogP contribution in [-0.2, 0) is 19.1 Å². The predicted octanol–water partition coefficient (Wildman–Crippen LogP) is 2.69. The summed E-state index contributed by atoms with van der Waals surface area (Å²) in [6.45, 7) is 1.44. The van der Waals surface area contributed by atoms with Gasteiger partial charge in [0.25, 0.3) is 0 Å². The Kier molecular flexibility index (Phi) is 5.42. The second kappa shape index (κ2) is 7.92. The molecule has 0 unspecified atom stereocenters. The van der Waals surface area contributed by atoms with Gasteiger partial charge in [-0.1, -0.05) is 36.4 Å². The molecule has 0 amide bonds. The second-order valence-corrected chi connectivity index (χ2v) is 5.85. The quantitative estimate of drug-likeness (QED) is 0.572. The first-order valence-electron chi connectivity index (χ1n) is 8.27. The molecule has 0 radical (unpaired) electrons. The zero-order valence-corrected chi connectivity index (χ0v) is 14.9. The highest BCUT2D eigenvalue weighted by Gasteiger charge is 2.44. The number of carbonyl (C=O) groups excluding carboxylic acids is 2. The van der Waals surface area contributed by atoms with Crippen molar-refractivity contribution in [3.63, 3.8) is 0 Å². The molecule has 27 heavy (non-hydrogen) atoms. The molecule has 0 bridgehead atoms. The summed E-state index contributed by atoms with van der Waals surface area (Å²) in [4.78, 5) is 25.0. The van der Waals surface area contributed by atoms with Gasteiger partial charge in [0, 0.05) is 26.1 Å². The van der Waals surface area contributed by atoms with Crippen LogP contribution in [0.5, 0.6) is 11.5 Å². The minimum absolute atomic E-state index is 0.526. The fraction of sp³-hybridized carbons (Fsp3) is 0.200. The minimum atomic E-state index is -1.73. The molecule has 7 heteroatoms. The van der Waals surface area contributed by atoms with Gasteiger partial charge in [0.2, 0.25) is 0 Å². The van der Waals surface area contributed by atoms with Gasteiger partial charge in [0.1, 0.15) is 11.5 Å². The number of ether oxygens (including phenoxy) is 4. The first-order valence-corrected chi connectivity index (χ1v) is 8.27. The van der Waals surface area contributed by atoms with E-state index >= 15 is 0 Å². The molecular weight excluding hydrogens is 350 g/mol. The average Bonchev–Trinajstić information content (AvgIpc) is 2.80.